The highest BCUT2D eigenvalue weighted by atomic mass is 35.5. The van der Waals surface area contributed by atoms with Crippen molar-refractivity contribution in [3.8, 4) is 0 Å². The standard InChI is InChI=1S/C19H25Cl2N3O5S/c20-16-4-3-14(12-17(16)21)19(26)23-6-1-2-15(13-23)18(25)22-5-11-30(27,28)24-7-9-29-10-8-24/h3-4,12,15H,1-2,5-11,13H2,(H,22,25). The number of morpholine rings is 1. The number of hydrogen-bond acceptors (Lipinski definition) is 5. The number of rotatable bonds is 6. The molecule has 2 aliphatic rings. The van der Waals surface area contributed by atoms with Crippen LogP contribution in [0.15, 0.2) is 18.2 Å². The molecule has 1 aromatic rings. The Kier molecular flexibility index (Phi) is 7.98. The fraction of sp³-hybridized carbons (Fsp3) is 0.579. The predicted octanol–water partition coefficient (Wildman–Crippen LogP) is 1.62. The van der Waals surface area contributed by atoms with E-state index in [1.54, 1.807) is 17.0 Å². The third kappa shape index (κ3) is 5.85. The molecule has 0 spiro atoms. The van der Waals surface area contributed by atoms with Crippen LogP contribution in [0.3, 0.4) is 0 Å². The quantitative estimate of drug-likeness (QED) is 0.671. The van der Waals surface area contributed by atoms with E-state index in [0.29, 0.717) is 61.3 Å². The number of sulfonamides is 1. The molecular weight excluding hydrogens is 453 g/mol. The average molecular weight is 478 g/mol. The minimum Gasteiger partial charge on any atom is -0.379 e. The van der Waals surface area contributed by atoms with Gasteiger partial charge in [-0.25, -0.2) is 8.42 Å². The van der Waals surface area contributed by atoms with E-state index in [0.717, 1.165) is 0 Å². The summed E-state index contributed by atoms with van der Waals surface area (Å²) in [5.41, 5.74) is 0.419. The Bertz CT molecular complexity index is 890. The summed E-state index contributed by atoms with van der Waals surface area (Å²) in [7, 11) is -3.43. The zero-order valence-corrected chi connectivity index (χ0v) is 18.8. The van der Waals surface area contributed by atoms with Crippen molar-refractivity contribution in [3.05, 3.63) is 33.8 Å². The van der Waals surface area contributed by atoms with Gasteiger partial charge in [0.2, 0.25) is 15.9 Å². The maximum atomic E-state index is 12.7. The number of amides is 2. The Morgan fingerprint density at radius 3 is 2.57 bits per heavy atom. The van der Waals surface area contributed by atoms with Gasteiger partial charge >= 0.3 is 0 Å². The molecule has 1 aromatic carbocycles. The summed E-state index contributed by atoms with van der Waals surface area (Å²) >= 11 is 11.9. The topological polar surface area (TPSA) is 96.0 Å². The minimum absolute atomic E-state index is 0.0375. The lowest BCUT2D eigenvalue weighted by atomic mass is 9.96. The first kappa shape index (κ1) is 23.3. The molecule has 166 valence electrons. The fourth-order valence-electron chi connectivity index (χ4n) is 3.59. The van der Waals surface area contributed by atoms with E-state index in [2.05, 4.69) is 5.32 Å². The lowest BCUT2D eigenvalue weighted by Gasteiger charge is -2.32. The third-order valence-corrected chi connectivity index (χ3v) is 7.88. The molecule has 1 N–H and O–H groups in total. The van der Waals surface area contributed by atoms with Gasteiger partial charge in [0.1, 0.15) is 0 Å². The van der Waals surface area contributed by atoms with Crippen molar-refractivity contribution in [2.75, 3.05) is 51.7 Å². The van der Waals surface area contributed by atoms with Crippen LogP contribution < -0.4 is 5.32 Å². The first-order valence-corrected chi connectivity index (χ1v) is 12.2. The molecule has 11 heteroatoms. The van der Waals surface area contributed by atoms with Crippen LogP contribution in [-0.4, -0.2) is 81.1 Å². The second-order valence-corrected chi connectivity index (χ2v) is 10.2. The van der Waals surface area contributed by atoms with Crippen LogP contribution in [0.2, 0.25) is 10.0 Å². The number of piperidine rings is 1. The zero-order valence-electron chi connectivity index (χ0n) is 16.5. The molecular formula is C19H25Cl2N3O5S. The zero-order chi connectivity index (χ0) is 21.7. The number of carbonyl (C=O) groups is 2. The SMILES string of the molecule is O=C(NCCS(=O)(=O)N1CCOCC1)C1CCCN(C(=O)c2ccc(Cl)c(Cl)c2)C1. The Labute approximate surface area is 186 Å². The van der Waals surface area contributed by atoms with Crippen molar-refractivity contribution in [1.29, 1.82) is 0 Å². The van der Waals surface area contributed by atoms with Gasteiger partial charge in [-0.1, -0.05) is 23.2 Å². The van der Waals surface area contributed by atoms with Crippen LogP contribution in [0, 0.1) is 5.92 Å². The van der Waals surface area contributed by atoms with Crippen LogP contribution in [0.5, 0.6) is 0 Å². The molecule has 0 radical (unpaired) electrons. The summed E-state index contributed by atoms with van der Waals surface area (Å²) in [4.78, 5) is 26.9. The molecule has 1 unspecified atom stereocenters. The maximum Gasteiger partial charge on any atom is 0.253 e. The third-order valence-electron chi connectivity index (χ3n) is 5.27. The van der Waals surface area contributed by atoms with Gasteiger partial charge in [-0.2, -0.15) is 4.31 Å². The summed E-state index contributed by atoms with van der Waals surface area (Å²) in [5.74, 6) is -0.978. The van der Waals surface area contributed by atoms with E-state index in [4.69, 9.17) is 27.9 Å². The molecule has 3 rings (SSSR count). The lowest BCUT2D eigenvalue weighted by molar-refractivity contribution is -0.126. The molecule has 2 saturated heterocycles. The molecule has 2 aliphatic heterocycles. The van der Waals surface area contributed by atoms with Gasteiger partial charge in [-0.3, -0.25) is 9.59 Å². The van der Waals surface area contributed by atoms with Crippen LogP contribution in [-0.2, 0) is 19.6 Å². The highest BCUT2D eigenvalue weighted by Crippen LogP contribution is 2.25. The van der Waals surface area contributed by atoms with Crippen LogP contribution in [0.1, 0.15) is 23.2 Å². The van der Waals surface area contributed by atoms with Gasteiger partial charge in [-0.15, -0.1) is 0 Å². The summed E-state index contributed by atoms with van der Waals surface area (Å²) in [6.07, 6.45) is 1.34. The summed E-state index contributed by atoms with van der Waals surface area (Å²) in [6, 6.07) is 4.70. The normalized spacial score (nSPS) is 20.7. The lowest BCUT2D eigenvalue weighted by Crippen LogP contribution is -2.47. The first-order chi connectivity index (χ1) is 14.3. The molecule has 1 atom stereocenters. The molecule has 0 saturated carbocycles. The smallest absolute Gasteiger partial charge is 0.253 e. The summed E-state index contributed by atoms with van der Waals surface area (Å²) in [6.45, 7) is 2.31. The second kappa shape index (κ2) is 10.3. The van der Waals surface area contributed by atoms with Crippen LogP contribution in [0.4, 0.5) is 0 Å². The van der Waals surface area contributed by atoms with Crippen molar-refractivity contribution >= 4 is 45.0 Å². The number of hydrogen-bond donors (Lipinski definition) is 1. The van der Waals surface area contributed by atoms with Crippen molar-refractivity contribution < 1.29 is 22.7 Å². The Morgan fingerprint density at radius 1 is 1.13 bits per heavy atom. The highest BCUT2D eigenvalue weighted by Gasteiger charge is 2.30. The number of benzene rings is 1. The largest absolute Gasteiger partial charge is 0.379 e. The van der Waals surface area contributed by atoms with Crippen LogP contribution >= 0.6 is 23.2 Å². The number of carbonyl (C=O) groups excluding carboxylic acids is 2. The van der Waals surface area contributed by atoms with E-state index < -0.39 is 10.0 Å². The predicted molar refractivity (Wildman–Crippen MR) is 114 cm³/mol. The van der Waals surface area contributed by atoms with Gasteiger partial charge in [0.15, 0.2) is 0 Å². The fourth-order valence-corrected chi connectivity index (χ4v) is 5.21. The summed E-state index contributed by atoms with van der Waals surface area (Å²) < 4.78 is 31.2. The van der Waals surface area contributed by atoms with Gasteiger partial charge in [0.25, 0.3) is 5.91 Å². The molecule has 8 nitrogen and oxygen atoms in total. The maximum absolute atomic E-state index is 12.7. The molecule has 30 heavy (non-hydrogen) atoms. The van der Waals surface area contributed by atoms with Gasteiger partial charge in [-0.05, 0) is 31.0 Å². The van der Waals surface area contributed by atoms with E-state index in [-0.39, 0.29) is 36.6 Å². The Hall–Kier alpha value is -1.39. The number of nitrogens with one attached hydrogen (secondary N) is 1. The van der Waals surface area contributed by atoms with Gasteiger partial charge < -0.3 is 15.0 Å². The van der Waals surface area contributed by atoms with E-state index in [1.165, 1.54) is 10.4 Å². The van der Waals surface area contributed by atoms with Gasteiger partial charge in [0, 0.05) is 38.3 Å². The molecule has 2 amide bonds. The first-order valence-electron chi connectivity index (χ1n) is 9.85. The molecule has 2 heterocycles. The number of halogens is 2. The number of nitrogens with zero attached hydrogens (tertiary/aromatic N) is 2. The molecule has 0 aromatic heterocycles. The monoisotopic (exact) mass is 477 g/mol. The molecule has 0 aliphatic carbocycles. The van der Waals surface area contributed by atoms with E-state index >= 15 is 0 Å². The van der Waals surface area contributed by atoms with Crippen molar-refractivity contribution in [3.63, 3.8) is 0 Å². The highest BCUT2D eigenvalue weighted by molar-refractivity contribution is 7.89. The minimum atomic E-state index is -3.43. The van der Waals surface area contributed by atoms with Crippen molar-refractivity contribution in [2.24, 2.45) is 5.92 Å². The number of likely N-dealkylation sites (tertiary alicyclic amines) is 1. The van der Waals surface area contributed by atoms with E-state index in [9.17, 15) is 18.0 Å². The Balaban J connectivity index is 1.51. The van der Waals surface area contributed by atoms with Crippen molar-refractivity contribution in [1.82, 2.24) is 14.5 Å². The van der Waals surface area contributed by atoms with E-state index in [1.807, 2.05) is 0 Å². The summed E-state index contributed by atoms with van der Waals surface area (Å²) in [5, 5.41) is 3.38. The molecule has 0 bridgehead atoms. The average Bonchev–Trinajstić information content (AvgIpc) is 2.75. The molecule has 2 fully saturated rings. The van der Waals surface area contributed by atoms with Gasteiger partial charge in [0.05, 0.1) is 34.9 Å². The Morgan fingerprint density at radius 2 is 1.87 bits per heavy atom. The van der Waals surface area contributed by atoms with Crippen LogP contribution in [0.25, 0.3) is 0 Å². The van der Waals surface area contributed by atoms with Crippen molar-refractivity contribution in [2.45, 2.75) is 12.8 Å². The number of ether oxygens (including phenoxy) is 1. The second-order valence-electron chi connectivity index (χ2n) is 7.34.